The highest BCUT2D eigenvalue weighted by molar-refractivity contribution is 5.76. The van der Waals surface area contributed by atoms with Gasteiger partial charge < -0.3 is 19.7 Å². The van der Waals surface area contributed by atoms with E-state index in [1.165, 1.54) is 6.21 Å². The van der Waals surface area contributed by atoms with Crippen molar-refractivity contribution in [3.8, 4) is 0 Å². The van der Waals surface area contributed by atoms with Gasteiger partial charge in [-0.05, 0) is 0 Å². The molecule has 0 spiro atoms. The van der Waals surface area contributed by atoms with Gasteiger partial charge in [-0.15, -0.1) is 0 Å². The minimum Gasteiger partial charge on any atom is -0.480 e. The van der Waals surface area contributed by atoms with Crippen LogP contribution in [0.2, 0.25) is 0 Å². The Morgan fingerprint density at radius 2 is 2.12 bits per heavy atom. The number of carbonyl (C=O) groups is 1. The first-order valence-corrected chi connectivity index (χ1v) is 5.53. The van der Waals surface area contributed by atoms with Crippen LogP contribution in [-0.4, -0.2) is 54.5 Å². The molecule has 0 unspecified atom stereocenters. The third kappa shape index (κ3) is 4.80. The van der Waals surface area contributed by atoms with Crippen LogP contribution in [0.1, 0.15) is 20.3 Å². The van der Waals surface area contributed by atoms with E-state index in [1.54, 1.807) is 0 Å². The van der Waals surface area contributed by atoms with Crippen molar-refractivity contribution in [1.82, 2.24) is 0 Å². The first kappa shape index (κ1) is 14.1. The lowest BCUT2D eigenvalue weighted by Gasteiger charge is -2.34. The van der Waals surface area contributed by atoms with Gasteiger partial charge in [0.25, 0.3) is 0 Å². The van der Waals surface area contributed by atoms with E-state index in [9.17, 15) is 4.79 Å². The summed E-state index contributed by atoms with van der Waals surface area (Å²) in [6.45, 7) is 4.79. The van der Waals surface area contributed by atoms with Gasteiger partial charge in [0.05, 0.1) is 19.8 Å². The van der Waals surface area contributed by atoms with Crippen molar-refractivity contribution in [1.29, 1.82) is 0 Å². The molecule has 98 valence electrons. The molecule has 0 aliphatic carbocycles. The topological polar surface area (TPSA) is 88.4 Å². The summed E-state index contributed by atoms with van der Waals surface area (Å²) in [5.74, 6) is -1.14. The SMILES string of the molecule is CC1(C)COC(CC=N[C@@H](CO)C(=O)O)OC1. The summed E-state index contributed by atoms with van der Waals surface area (Å²) >= 11 is 0. The van der Waals surface area contributed by atoms with Crippen LogP contribution in [0.15, 0.2) is 4.99 Å². The summed E-state index contributed by atoms with van der Waals surface area (Å²) in [5, 5.41) is 17.4. The van der Waals surface area contributed by atoms with E-state index >= 15 is 0 Å². The van der Waals surface area contributed by atoms with Crippen molar-refractivity contribution < 1.29 is 24.5 Å². The average molecular weight is 245 g/mol. The molecule has 1 atom stereocenters. The van der Waals surface area contributed by atoms with Gasteiger partial charge in [0.15, 0.2) is 12.3 Å². The van der Waals surface area contributed by atoms with Crippen molar-refractivity contribution in [2.75, 3.05) is 19.8 Å². The second kappa shape index (κ2) is 6.09. The average Bonchev–Trinajstić information content (AvgIpc) is 2.26. The fourth-order valence-corrected chi connectivity index (χ4v) is 1.33. The third-order valence-corrected chi connectivity index (χ3v) is 2.36. The smallest absolute Gasteiger partial charge is 0.330 e. The Bertz CT molecular complexity index is 280. The summed E-state index contributed by atoms with van der Waals surface area (Å²) in [6, 6.07) is -1.10. The van der Waals surface area contributed by atoms with Crippen molar-refractivity contribution in [3.05, 3.63) is 0 Å². The standard InChI is InChI=1S/C11H19NO5/c1-11(2)6-16-9(17-7-11)3-4-12-8(5-13)10(14)15/h4,8-9,13H,3,5-7H2,1-2H3,(H,14,15)/t8-/m0/s1. The highest BCUT2D eigenvalue weighted by Crippen LogP contribution is 2.23. The predicted octanol–water partition coefficient (Wildman–Crippen LogP) is 0.292. The second-order valence-electron chi connectivity index (χ2n) is 4.82. The molecular weight excluding hydrogens is 226 g/mol. The molecule has 0 amide bonds. The zero-order valence-corrected chi connectivity index (χ0v) is 10.1. The van der Waals surface area contributed by atoms with Gasteiger partial charge in [-0.25, -0.2) is 4.79 Å². The van der Waals surface area contributed by atoms with Gasteiger partial charge in [-0.2, -0.15) is 0 Å². The van der Waals surface area contributed by atoms with E-state index in [1.807, 2.05) is 13.8 Å². The minimum absolute atomic E-state index is 0.0162. The van der Waals surface area contributed by atoms with Crippen LogP contribution in [0.4, 0.5) is 0 Å². The molecule has 6 nitrogen and oxygen atoms in total. The van der Waals surface area contributed by atoms with E-state index in [-0.39, 0.29) is 11.7 Å². The normalized spacial score (nSPS) is 22.8. The molecule has 6 heteroatoms. The number of hydrogen-bond donors (Lipinski definition) is 2. The maximum atomic E-state index is 10.6. The number of carboxylic acid groups (broad SMARTS) is 1. The molecule has 1 heterocycles. The number of rotatable bonds is 5. The molecule has 1 aliphatic heterocycles. The molecule has 1 rings (SSSR count). The summed E-state index contributed by atoms with van der Waals surface area (Å²) in [7, 11) is 0. The van der Waals surface area contributed by atoms with Crippen LogP contribution in [0.25, 0.3) is 0 Å². The number of aliphatic imine (C=N–C) groups is 1. The lowest BCUT2D eigenvalue weighted by molar-refractivity contribution is -0.217. The molecule has 1 saturated heterocycles. The maximum Gasteiger partial charge on any atom is 0.330 e. The Morgan fingerprint density at radius 1 is 1.53 bits per heavy atom. The Hall–Kier alpha value is -0.980. The molecule has 1 aliphatic rings. The Balaban J connectivity index is 2.32. The quantitative estimate of drug-likeness (QED) is 0.680. The van der Waals surface area contributed by atoms with Crippen molar-refractivity contribution in [2.24, 2.45) is 10.4 Å². The largest absolute Gasteiger partial charge is 0.480 e. The Morgan fingerprint density at radius 3 is 2.59 bits per heavy atom. The molecule has 0 aromatic heterocycles. The summed E-state index contributed by atoms with van der Waals surface area (Å²) in [4.78, 5) is 14.3. The van der Waals surface area contributed by atoms with Crippen LogP contribution >= 0.6 is 0 Å². The fraction of sp³-hybridized carbons (Fsp3) is 0.818. The van der Waals surface area contributed by atoms with Crippen LogP contribution < -0.4 is 0 Å². The number of nitrogens with zero attached hydrogens (tertiary/aromatic N) is 1. The van der Waals surface area contributed by atoms with Gasteiger partial charge in [0.1, 0.15) is 0 Å². The lowest BCUT2D eigenvalue weighted by Crippen LogP contribution is -2.37. The van der Waals surface area contributed by atoms with Crippen LogP contribution in [0.5, 0.6) is 0 Å². The molecule has 1 fully saturated rings. The first-order valence-electron chi connectivity index (χ1n) is 5.53. The second-order valence-corrected chi connectivity index (χ2v) is 4.82. The zero-order chi connectivity index (χ0) is 12.9. The number of aliphatic carboxylic acids is 1. The molecular formula is C11H19NO5. The Labute approximate surface area is 100 Å². The van der Waals surface area contributed by atoms with Gasteiger partial charge in [0.2, 0.25) is 0 Å². The van der Waals surface area contributed by atoms with Crippen LogP contribution in [-0.2, 0) is 14.3 Å². The molecule has 0 aromatic rings. The van der Waals surface area contributed by atoms with Crippen molar-refractivity contribution in [3.63, 3.8) is 0 Å². The van der Waals surface area contributed by atoms with Gasteiger partial charge in [-0.3, -0.25) is 4.99 Å². The fourth-order valence-electron chi connectivity index (χ4n) is 1.33. The van der Waals surface area contributed by atoms with Gasteiger partial charge >= 0.3 is 5.97 Å². The highest BCUT2D eigenvalue weighted by atomic mass is 16.7. The van der Waals surface area contributed by atoms with E-state index in [0.717, 1.165) is 0 Å². The highest BCUT2D eigenvalue weighted by Gasteiger charge is 2.27. The number of ether oxygens (including phenoxy) is 2. The number of carboxylic acids is 1. The summed E-state index contributed by atoms with van der Waals surface area (Å²) in [5.41, 5.74) is 0.0162. The van der Waals surface area contributed by atoms with E-state index in [4.69, 9.17) is 19.7 Å². The van der Waals surface area contributed by atoms with E-state index in [0.29, 0.717) is 19.6 Å². The zero-order valence-electron chi connectivity index (χ0n) is 10.1. The van der Waals surface area contributed by atoms with Crippen molar-refractivity contribution in [2.45, 2.75) is 32.6 Å². The number of hydrogen-bond acceptors (Lipinski definition) is 5. The van der Waals surface area contributed by atoms with Gasteiger partial charge in [0, 0.05) is 18.1 Å². The molecule has 0 bridgehead atoms. The molecule has 0 radical (unpaired) electrons. The summed E-state index contributed by atoms with van der Waals surface area (Å²) < 4.78 is 10.9. The van der Waals surface area contributed by atoms with E-state index < -0.39 is 18.6 Å². The lowest BCUT2D eigenvalue weighted by atomic mass is 9.95. The Kier molecular flexibility index (Phi) is 5.04. The molecule has 0 aromatic carbocycles. The summed E-state index contributed by atoms with van der Waals surface area (Å²) in [6.07, 6.45) is 1.44. The first-order chi connectivity index (χ1) is 7.94. The van der Waals surface area contributed by atoms with Crippen LogP contribution in [0, 0.1) is 5.41 Å². The molecule has 0 saturated carbocycles. The number of aliphatic hydroxyl groups is 1. The predicted molar refractivity (Wildman–Crippen MR) is 61.1 cm³/mol. The van der Waals surface area contributed by atoms with Crippen LogP contribution in [0.3, 0.4) is 0 Å². The number of aliphatic hydroxyl groups excluding tert-OH is 1. The van der Waals surface area contributed by atoms with E-state index in [2.05, 4.69) is 4.99 Å². The maximum absolute atomic E-state index is 10.6. The third-order valence-electron chi connectivity index (χ3n) is 2.36. The monoisotopic (exact) mass is 245 g/mol. The van der Waals surface area contributed by atoms with Crippen molar-refractivity contribution >= 4 is 12.2 Å². The molecule has 17 heavy (non-hydrogen) atoms. The molecule has 2 N–H and O–H groups in total. The minimum atomic E-state index is -1.14. The van der Waals surface area contributed by atoms with Gasteiger partial charge in [-0.1, -0.05) is 13.8 Å².